The molecule has 0 rings (SSSR count). The highest BCUT2D eigenvalue weighted by atomic mass is 32.1. The lowest BCUT2D eigenvalue weighted by Gasteiger charge is -2.31. The van der Waals surface area contributed by atoms with Gasteiger partial charge in [0.2, 0.25) is 5.91 Å². The van der Waals surface area contributed by atoms with Gasteiger partial charge < -0.3 is 31.5 Å². The van der Waals surface area contributed by atoms with E-state index in [2.05, 4.69) is 37.1 Å². The van der Waals surface area contributed by atoms with Gasteiger partial charge in [-0.05, 0) is 12.3 Å². The van der Waals surface area contributed by atoms with E-state index in [0.717, 1.165) is 12.8 Å². The zero-order valence-electron chi connectivity index (χ0n) is 17.7. The van der Waals surface area contributed by atoms with Gasteiger partial charge in [0.15, 0.2) is 0 Å². The maximum Gasteiger partial charge on any atom is 0.326 e. The Morgan fingerprint density at radius 3 is 2.29 bits per heavy atom. The van der Waals surface area contributed by atoms with Gasteiger partial charge in [0.05, 0.1) is 6.04 Å². The van der Waals surface area contributed by atoms with Crippen molar-refractivity contribution in [1.82, 2.24) is 15.5 Å². The normalized spacial score (nSPS) is 16.8. The number of carbonyl (C=O) groups excluding carboxylic acids is 1. The second kappa shape index (κ2) is 15.0. The van der Waals surface area contributed by atoms with Crippen LogP contribution >= 0.6 is 12.6 Å². The lowest BCUT2D eigenvalue weighted by Crippen LogP contribution is -2.55. The Morgan fingerprint density at radius 2 is 1.82 bits per heavy atom. The quantitative estimate of drug-likeness (QED) is 0.198. The fraction of sp³-hybridized carbons (Fsp3) is 0.895. The third-order valence-corrected chi connectivity index (χ3v) is 5.64. The van der Waals surface area contributed by atoms with Crippen LogP contribution in [0.3, 0.4) is 0 Å². The molecule has 0 aromatic heterocycles. The summed E-state index contributed by atoms with van der Waals surface area (Å²) in [7, 11) is 1.48. The Balaban J connectivity index is 5.07. The molecule has 0 unspecified atom stereocenters. The van der Waals surface area contributed by atoms with Crippen LogP contribution in [-0.4, -0.2) is 83.7 Å². The first-order valence-corrected chi connectivity index (χ1v) is 10.8. The van der Waals surface area contributed by atoms with E-state index >= 15 is 0 Å². The minimum absolute atomic E-state index is 0.00901. The number of hydrogen-bond donors (Lipinski definition) is 6. The highest BCUT2D eigenvalue weighted by Crippen LogP contribution is 2.11. The summed E-state index contributed by atoms with van der Waals surface area (Å²) in [5.41, 5.74) is 5.95. The molecule has 0 heterocycles. The Kier molecular flexibility index (Phi) is 14.6. The Labute approximate surface area is 175 Å². The topological polar surface area (TPSA) is 128 Å². The van der Waals surface area contributed by atoms with Crippen molar-refractivity contribution in [3.63, 3.8) is 0 Å². The number of aliphatic hydroxyl groups excluding tert-OH is 1. The molecule has 0 fully saturated rings. The third kappa shape index (κ3) is 9.56. The standard InChI is InChI=1S/C19H40N4O4S/c1-5-7-15(18(25)23(4)17(8-9-24)19(26)27)22-11-16(13(3)6-2)21-10-14(20)12-28/h13-17,21-22,24,28H,5-12,20H2,1-4H3,(H,26,27)/t13-,14+,15+,16+,17-/m0/s1. The molecule has 0 aromatic rings. The average molecular weight is 421 g/mol. The predicted molar refractivity (Wildman–Crippen MR) is 116 cm³/mol. The number of carboxylic acids is 1. The highest BCUT2D eigenvalue weighted by Gasteiger charge is 2.31. The highest BCUT2D eigenvalue weighted by molar-refractivity contribution is 7.80. The summed E-state index contributed by atoms with van der Waals surface area (Å²) in [5.74, 6) is -0.398. The van der Waals surface area contributed by atoms with E-state index in [1.165, 1.54) is 11.9 Å². The summed E-state index contributed by atoms with van der Waals surface area (Å²) < 4.78 is 0. The molecule has 0 aliphatic carbocycles. The summed E-state index contributed by atoms with van der Waals surface area (Å²) in [6.45, 7) is 7.19. The Hall–Kier alpha value is -0.870. The van der Waals surface area contributed by atoms with E-state index in [-0.39, 0.29) is 31.0 Å². The van der Waals surface area contributed by atoms with Crippen molar-refractivity contribution in [3.8, 4) is 0 Å². The zero-order valence-corrected chi connectivity index (χ0v) is 18.6. The second-order valence-electron chi connectivity index (χ2n) is 7.41. The van der Waals surface area contributed by atoms with Crippen molar-refractivity contribution >= 4 is 24.5 Å². The van der Waals surface area contributed by atoms with E-state index in [0.29, 0.717) is 31.2 Å². The fourth-order valence-corrected chi connectivity index (χ4v) is 3.13. The molecule has 0 saturated heterocycles. The van der Waals surface area contributed by atoms with E-state index < -0.39 is 18.1 Å². The van der Waals surface area contributed by atoms with Gasteiger partial charge in [-0.2, -0.15) is 12.6 Å². The molecule has 0 aliphatic rings. The minimum atomic E-state index is -1.11. The van der Waals surface area contributed by atoms with Gasteiger partial charge in [0, 0.05) is 51.0 Å². The zero-order chi connectivity index (χ0) is 21.7. The molecular formula is C19H40N4O4S. The predicted octanol–water partition coefficient (Wildman–Crippen LogP) is 0.300. The number of likely N-dealkylation sites (N-methyl/N-ethyl adjacent to an activating group) is 1. The van der Waals surface area contributed by atoms with Gasteiger partial charge in [-0.1, -0.05) is 33.6 Å². The van der Waals surface area contributed by atoms with Crippen molar-refractivity contribution < 1.29 is 19.8 Å². The van der Waals surface area contributed by atoms with Crippen LogP contribution in [0.15, 0.2) is 0 Å². The summed E-state index contributed by atoms with van der Waals surface area (Å²) >= 11 is 4.21. The molecular weight excluding hydrogens is 380 g/mol. The van der Waals surface area contributed by atoms with Gasteiger partial charge in [0.25, 0.3) is 0 Å². The molecule has 5 atom stereocenters. The van der Waals surface area contributed by atoms with Crippen molar-refractivity contribution in [2.75, 3.05) is 32.5 Å². The maximum atomic E-state index is 12.9. The van der Waals surface area contributed by atoms with Crippen LogP contribution in [0.2, 0.25) is 0 Å². The summed E-state index contributed by atoms with van der Waals surface area (Å²) in [6, 6.07) is -1.40. The molecule has 0 saturated carbocycles. The van der Waals surface area contributed by atoms with Gasteiger partial charge >= 0.3 is 5.97 Å². The number of carbonyl (C=O) groups is 2. The lowest BCUT2D eigenvalue weighted by atomic mass is 9.98. The van der Waals surface area contributed by atoms with E-state index in [9.17, 15) is 14.7 Å². The van der Waals surface area contributed by atoms with Gasteiger partial charge in [-0.3, -0.25) is 4.79 Å². The SMILES string of the molecule is CCC[C@@H](NC[C@@H](NC[C@@H](N)CS)[C@@H](C)CC)C(=O)N(C)[C@@H](CCO)C(=O)O. The van der Waals surface area contributed by atoms with Crippen LogP contribution < -0.4 is 16.4 Å². The van der Waals surface area contributed by atoms with Gasteiger partial charge in [-0.25, -0.2) is 4.79 Å². The fourth-order valence-electron chi connectivity index (χ4n) is 3.00. The number of rotatable bonds is 16. The first-order chi connectivity index (χ1) is 13.2. The number of nitrogens with two attached hydrogens (primary N) is 1. The smallest absolute Gasteiger partial charge is 0.326 e. The monoisotopic (exact) mass is 420 g/mol. The van der Waals surface area contributed by atoms with Crippen LogP contribution in [-0.2, 0) is 9.59 Å². The number of hydrogen-bond acceptors (Lipinski definition) is 7. The largest absolute Gasteiger partial charge is 0.480 e. The molecule has 8 nitrogen and oxygen atoms in total. The molecule has 28 heavy (non-hydrogen) atoms. The number of aliphatic hydroxyl groups is 1. The third-order valence-electron chi connectivity index (χ3n) is 5.17. The Bertz CT molecular complexity index is 456. The first-order valence-electron chi connectivity index (χ1n) is 10.2. The molecule has 0 aliphatic heterocycles. The van der Waals surface area contributed by atoms with E-state index in [1.54, 1.807) is 0 Å². The number of thiol groups is 1. The van der Waals surface area contributed by atoms with E-state index in [4.69, 9.17) is 10.8 Å². The molecule has 6 N–H and O–H groups in total. The van der Waals surface area contributed by atoms with Crippen molar-refractivity contribution in [2.45, 2.75) is 70.6 Å². The molecule has 9 heteroatoms. The Morgan fingerprint density at radius 1 is 1.18 bits per heavy atom. The van der Waals surface area contributed by atoms with Crippen LogP contribution in [0.4, 0.5) is 0 Å². The minimum Gasteiger partial charge on any atom is -0.480 e. The second-order valence-corrected chi connectivity index (χ2v) is 7.77. The average Bonchev–Trinajstić information content (AvgIpc) is 2.68. The number of amides is 1. The molecule has 1 amide bonds. The number of carboxylic acid groups (broad SMARTS) is 1. The van der Waals surface area contributed by atoms with Crippen LogP contribution in [0.25, 0.3) is 0 Å². The van der Waals surface area contributed by atoms with Crippen LogP contribution in [0, 0.1) is 5.92 Å². The number of nitrogens with one attached hydrogen (secondary N) is 2. The summed E-state index contributed by atoms with van der Waals surface area (Å²) in [4.78, 5) is 25.6. The molecule has 0 radical (unpaired) electrons. The maximum absolute atomic E-state index is 12.9. The van der Waals surface area contributed by atoms with Gasteiger partial charge in [-0.15, -0.1) is 0 Å². The van der Waals surface area contributed by atoms with Crippen molar-refractivity contribution in [1.29, 1.82) is 0 Å². The number of aliphatic carboxylic acids is 1. The van der Waals surface area contributed by atoms with E-state index in [1.807, 2.05) is 6.92 Å². The molecule has 0 bridgehead atoms. The lowest BCUT2D eigenvalue weighted by molar-refractivity contribution is -0.150. The molecule has 166 valence electrons. The van der Waals surface area contributed by atoms with Gasteiger partial charge in [0.1, 0.15) is 6.04 Å². The molecule has 0 spiro atoms. The summed E-state index contributed by atoms with van der Waals surface area (Å²) in [5, 5.41) is 25.2. The molecule has 0 aromatic carbocycles. The first kappa shape index (κ1) is 27.1. The van der Waals surface area contributed by atoms with Crippen LogP contribution in [0.5, 0.6) is 0 Å². The van der Waals surface area contributed by atoms with Crippen LogP contribution in [0.1, 0.15) is 46.5 Å². The van der Waals surface area contributed by atoms with Crippen molar-refractivity contribution in [3.05, 3.63) is 0 Å². The van der Waals surface area contributed by atoms with Crippen molar-refractivity contribution in [2.24, 2.45) is 11.7 Å². The number of nitrogens with zero attached hydrogens (tertiary/aromatic N) is 1. The summed E-state index contributed by atoms with van der Waals surface area (Å²) in [6.07, 6.45) is 2.40.